The summed E-state index contributed by atoms with van der Waals surface area (Å²) < 4.78 is 38.6. The zero-order valence-electron chi connectivity index (χ0n) is 17.7. The molecule has 0 unspecified atom stereocenters. The zero-order chi connectivity index (χ0) is 21.8. The number of hydrogen-bond donors (Lipinski definition) is 3. The van der Waals surface area contributed by atoms with Gasteiger partial charge in [0.25, 0.3) is 0 Å². The van der Waals surface area contributed by atoms with Gasteiger partial charge in [0, 0.05) is 13.0 Å². The molecule has 8 heteroatoms. The summed E-state index contributed by atoms with van der Waals surface area (Å²) in [5.41, 5.74) is 0.340. The van der Waals surface area contributed by atoms with E-state index >= 15 is 0 Å². The lowest BCUT2D eigenvalue weighted by Gasteiger charge is -2.40. The van der Waals surface area contributed by atoms with E-state index < -0.39 is 36.1 Å². The first-order chi connectivity index (χ1) is 13.4. The van der Waals surface area contributed by atoms with E-state index in [4.69, 9.17) is 9.47 Å². The van der Waals surface area contributed by atoms with Gasteiger partial charge < -0.3 is 25.2 Å². The van der Waals surface area contributed by atoms with E-state index in [1.807, 2.05) is 6.92 Å². The van der Waals surface area contributed by atoms with Crippen molar-refractivity contribution in [3.8, 4) is 0 Å². The van der Waals surface area contributed by atoms with E-state index in [0.717, 1.165) is 6.07 Å². The number of carbonyl (C=O) groups excluding carboxylic acids is 1. The van der Waals surface area contributed by atoms with E-state index in [0.29, 0.717) is 12.2 Å². The molecule has 1 amide bonds. The fourth-order valence-corrected chi connectivity index (χ4v) is 3.31. The van der Waals surface area contributed by atoms with Gasteiger partial charge in [-0.3, -0.25) is 4.79 Å². The zero-order valence-corrected chi connectivity index (χ0v) is 17.7. The number of halogens is 2. The van der Waals surface area contributed by atoms with Crippen LogP contribution in [0.25, 0.3) is 0 Å². The number of amides is 1. The normalized spacial score (nSPS) is 24.8. The monoisotopic (exact) mass is 414 g/mol. The highest BCUT2D eigenvalue weighted by Gasteiger charge is 2.36. The van der Waals surface area contributed by atoms with Gasteiger partial charge in [-0.2, -0.15) is 0 Å². The molecule has 1 fully saturated rings. The molecule has 29 heavy (non-hydrogen) atoms. The number of aliphatic hydroxyl groups is 1. The highest BCUT2D eigenvalue weighted by Crippen LogP contribution is 2.20. The quantitative estimate of drug-likeness (QED) is 0.637. The first-order valence-corrected chi connectivity index (χ1v) is 9.84. The minimum Gasteiger partial charge on any atom is -0.389 e. The molecule has 1 saturated heterocycles. The number of aliphatic hydroxyl groups excluding tert-OH is 1. The van der Waals surface area contributed by atoms with Crippen LogP contribution in [0.4, 0.5) is 8.78 Å². The summed E-state index contributed by atoms with van der Waals surface area (Å²) in [6.07, 6.45) is -1.41. The summed E-state index contributed by atoms with van der Waals surface area (Å²) >= 11 is 0. The summed E-state index contributed by atoms with van der Waals surface area (Å²) in [6.45, 7) is 10.1. The van der Waals surface area contributed by atoms with Crippen molar-refractivity contribution in [1.29, 1.82) is 0 Å². The van der Waals surface area contributed by atoms with Gasteiger partial charge >= 0.3 is 0 Å². The summed E-state index contributed by atoms with van der Waals surface area (Å²) in [4.78, 5) is 11.6. The van der Waals surface area contributed by atoms with Crippen molar-refractivity contribution in [3.63, 3.8) is 0 Å². The van der Waals surface area contributed by atoms with Crippen molar-refractivity contribution in [2.45, 2.75) is 71.6 Å². The first kappa shape index (κ1) is 23.7. The molecule has 5 atom stereocenters. The molecule has 0 saturated carbocycles. The number of ether oxygens (including phenoxy) is 2. The number of rotatable bonds is 7. The number of morpholine rings is 1. The van der Waals surface area contributed by atoms with Gasteiger partial charge in [0.05, 0.1) is 37.4 Å². The number of hydrogen-bond acceptors (Lipinski definition) is 5. The molecule has 1 heterocycles. The maximum atomic E-state index is 13.5. The van der Waals surface area contributed by atoms with E-state index in [-0.39, 0.29) is 30.4 Å². The Balaban J connectivity index is 2.03. The van der Waals surface area contributed by atoms with Crippen LogP contribution in [0.2, 0.25) is 0 Å². The van der Waals surface area contributed by atoms with E-state index in [1.165, 1.54) is 19.1 Å². The van der Waals surface area contributed by atoms with Crippen molar-refractivity contribution >= 4 is 5.91 Å². The Labute approximate surface area is 171 Å². The van der Waals surface area contributed by atoms with Crippen molar-refractivity contribution < 1.29 is 28.2 Å². The molecule has 1 aromatic carbocycles. The molecule has 2 rings (SSSR count). The summed E-state index contributed by atoms with van der Waals surface area (Å²) in [6, 6.07) is 1.76. The number of nitrogens with one attached hydrogen (secondary N) is 2. The molecule has 0 radical (unpaired) electrons. The van der Waals surface area contributed by atoms with Crippen LogP contribution in [0, 0.1) is 17.0 Å². The molecule has 0 spiro atoms. The third-order valence-corrected chi connectivity index (χ3v) is 4.60. The fraction of sp³-hybridized carbons (Fsp3) is 0.667. The SMILES string of the molecule is CC(=O)N[C@@H](Cc1cc(F)cc(F)c1)[C@@H](O)[C@@H]1CO[C@@H](OCC(C)(C)C)[C@H](C)N1. The van der Waals surface area contributed by atoms with Crippen molar-refractivity contribution in [3.05, 3.63) is 35.4 Å². The van der Waals surface area contributed by atoms with Crippen LogP contribution in [-0.4, -0.2) is 54.7 Å². The molecular weight excluding hydrogens is 382 g/mol. The highest BCUT2D eigenvalue weighted by atomic mass is 19.1. The van der Waals surface area contributed by atoms with Crippen molar-refractivity contribution in [1.82, 2.24) is 10.6 Å². The van der Waals surface area contributed by atoms with Crippen LogP contribution in [0.1, 0.15) is 40.2 Å². The average Bonchev–Trinajstić information content (AvgIpc) is 2.57. The predicted octanol–water partition coefficient (Wildman–Crippen LogP) is 2.14. The van der Waals surface area contributed by atoms with Gasteiger partial charge in [0.2, 0.25) is 5.91 Å². The van der Waals surface area contributed by atoms with Gasteiger partial charge in [-0.1, -0.05) is 20.8 Å². The third-order valence-electron chi connectivity index (χ3n) is 4.60. The second-order valence-corrected chi connectivity index (χ2v) is 8.91. The van der Waals surface area contributed by atoms with E-state index in [2.05, 4.69) is 31.4 Å². The third kappa shape index (κ3) is 7.62. The lowest BCUT2D eigenvalue weighted by Crippen LogP contribution is -2.62. The Morgan fingerprint density at radius 2 is 1.97 bits per heavy atom. The van der Waals surface area contributed by atoms with Crippen LogP contribution in [0.5, 0.6) is 0 Å². The van der Waals surface area contributed by atoms with Gasteiger partial charge in [0.15, 0.2) is 6.29 Å². The molecule has 6 nitrogen and oxygen atoms in total. The molecule has 3 N–H and O–H groups in total. The largest absolute Gasteiger partial charge is 0.389 e. The molecule has 0 bridgehead atoms. The lowest BCUT2D eigenvalue weighted by molar-refractivity contribution is -0.201. The topological polar surface area (TPSA) is 79.8 Å². The number of carbonyl (C=O) groups is 1. The minimum atomic E-state index is -1.03. The molecule has 164 valence electrons. The summed E-state index contributed by atoms with van der Waals surface area (Å²) in [7, 11) is 0. The van der Waals surface area contributed by atoms with E-state index in [1.54, 1.807) is 0 Å². The second kappa shape index (κ2) is 9.93. The van der Waals surface area contributed by atoms with Gasteiger partial charge in [-0.05, 0) is 36.5 Å². The molecule has 1 aliphatic heterocycles. The van der Waals surface area contributed by atoms with Crippen LogP contribution in [0.3, 0.4) is 0 Å². The molecule has 1 aliphatic rings. The average molecular weight is 414 g/mol. The lowest BCUT2D eigenvalue weighted by atomic mass is 9.95. The molecule has 0 aromatic heterocycles. The summed E-state index contributed by atoms with van der Waals surface area (Å²) in [5.74, 6) is -1.76. The highest BCUT2D eigenvalue weighted by molar-refractivity contribution is 5.73. The number of benzene rings is 1. The van der Waals surface area contributed by atoms with Gasteiger partial charge in [0.1, 0.15) is 11.6 Å². The van der Waals surface area contributed by atoms with Gasteiger partial charge in [-0.15, -0.1) is 0 Å². The molecule has 0 aliphatic carbocycles. The Morgan fingerprint density at radius 1 is 1.34 bits per heavy atom. The smallest absolute Gasteiger partial charge is 0.217 e. The van der Waals surface area contributed by atoms with Crippen LogP contribution < -0.4 is 10.6 Å². The Hall–Kier alpha value is -1.61. The standard InChI is InChI=1S/C21H32F2N2O4/c1-12-20(29-11-21(3,4)5)28-10-18(24-12)19(27)17(25-13(2)26)8-14-6-15(22)9-16(23)7-14/h6-7,9,12,17-20,24,27H,8,10-11H2,1-5H3,(H,25,26)/t12-,17-,18-,19+,20-/m0/s1. The van der Waals surface area contributed by atoms with Crippen LogP contribution in [0.15, 0.2) is 18.2 Å². The predicted molar refractivity (Wildman–Crippen MR) is 105 cm³/mol. The van der Waals surface area contributed by atoms with E-state index in [9.17, 15) is 18.7 Å². The van der Waals surface area contributed by atoms with Crippen molar-refractivity contribution in [2.75, 3.05) is 13.2 Å². The fourth-order valence-electron chi connectivity index (χ4n) is 3.31. The molecule has 1 aromatic rings. The summed E-state index contributed by atoms with van der Waals surface area (Å²) in [5, 5.41) is 16.8. The first-order valence-electron chi connectivity index (χ1n) is 9.84. The van der Waals surface area contributed by atoms with Crippen LogP contribution in [-0.2, 0) is 20.7 Å². The van der Waals surface area contributed by atoms with Gasteiger partial charge in [-0.25, -0.2) is 8.78 Å². The maximum absolute atomic E-state index is 13.5. The van der Waals surface area contributed by atoms with Crippen LogP contribution >= 0.6 is 0 Å². The Bertz CT molecular complexity index is 675. The molecular formula is C21H32F2N2O4. The Kier molecular flexibility index (Phi) is 8.10. The van der Waals surface area contributed by atoms with Crippen molar-refractivity contribution in [2.24, 2.45) is 5.41 Å². The Morgan fingerprint density at radius 3 is 2.48 bits per heavy atom. The maximum Gasteiger partial charge on any atom is 0.217 e. The minimum absolute atomic E-state index is 0.00379. The second-order valence-electron chi connectivity index (χ2n) is 8.91.